The Morgan fingerprint density at radius 3 is 3.00 bits per heavy atom. The predicted octanol–water partition coefficient (Wildman–Crippen LogP) is 3.66. The van der Waals surface area contributed by atoms with Crippen molar-refractivity contribution >= 4 is 0 Å². The minimum Gasteiger partial charge on any atom is -0.393 e. The Hall–Kier alpha value is -0.820. The lowest BCUT2D eigenvalue weighted by Gasteiger charge is -2.26. The average Bonchev–Trinajstić information content (AvgIpc) is 2.35. The van der Waals surface area contributed by atoms with Crippen LogP contribution in [0.5, 0.6) is 0 Å². The van der Waals surface area contributed by atoms with Gasteiger partial charge in [-0.25, -0.2) is 0 Å². The maximum absolute atomic E-state index is 9.64. The molecule has 0 spiro atoms. The molecule has 16 heavy (non-hydrogen) atoms. The zero-order valence-electron chi connectivity index (χ0n) is 10.2. The zero-order valence-corrected chi connectivity index (χ0v) is 10.2. The van der Waals surface area contributed by atoms with E-state index in [1.165, 1.54) is 30.4 Å². The van der Waals surface area contributed by atoms with Crippen molar-refractivity contribution in [2.75, 3.05) is 0 Å². The van der Waals surface area contributed by atoms with Crippen LogP contribution >= 0.6 is 0 Å². The molecule has 0 aliphatic heterocycles. The number of aliphatic hydroxyl groups excluding tert-OH is 1. The lowest BCUT2D eigenvalue weighted by atomic mass is 9.80. The Kier molecular flexibility index (Phi) is 4.00. The maximum atomic E-state index is 9.64. The van der Waals surface area contributed by atoms with Gasteiger partial charge in [0.05, 0.1) is 6.10 Å². The Bertz CT molecular complexity index is 332. The van der Waals surface area contributed by atoms with Crippen LogP contribution in [0.3, 0.4) is 0 Å². The second-order valence-corrected chi connectivity index (χ2v) is 4.93. The summed E-state index contributed by atoms with van der Waals surface area (Å²) < 4.78 is 0. The van der Waals surface area contributed by atoms with Gasteiger partial charge in [0.1, 0.15) is 0 Å². The monoisotopic (exact) mass is 218 g/mol. The molecule has 0 heterocycles. The first-order valence-corrected chi connectivity index (χ1v) is 6.57. The van der Waals surface area contributed by atoms with Crippen molar-refractivity contribution in [3.63, 3.8) is 0 Å². The molecule has 0 radical (unpaired) electrons. The molecule has 0 aromatic heterocycles. The highest BCUT2D eigenvalue weighted by Gasteiger charge is 2.19. The third-order valence-electron chi connectivity index (χ3n) is 3.81. The van der Waals surface area contributed by atoms with Crippen molar-refractivity contribution in [1.82, 2.24) is 0 Å². The minimum atomic E-state index is -0.103. The number of rotatable bonds is 4. The van der Waals surface area contributed by atoms with Gasteiger partial charge in [-0.15, -0.1) is 0 Å². The lowest BCUT2D eigenvalue weighted by molar-refractivity contribution is 0.153. The number of hydrogen-bond donors (Lipinski definition) is 1. The molecule has 0 saturated carbocycles. The summed E-state index contributed by atoms with van der Waals surface area (Å²) >= 11 is 0. The van der Waals surface area contributed by atoms with E-state index < -0.39 is 0 Å². The summed E-state index contributed by atoms with van der Waals surface area (Å²) in [5, 5.41) is 9.64. The van der Waals surface area contributed by atoms with Crippen molar-refractivity contribution in [1.29, 1.82) is 0 Å². The van der Waals surface area contributed by atoms with Gasteiger partial charge in [-0.05, 0) is 55.6 Å². The van der Waals surface area contributed by atoms with Crippen molar-refractivity contribution < 1.29 is 5.11 Å². The fourth-order valence-corrected chi connectivity index (χ4v) is 2.75. The molecule has 1 N–H and O–H groups in total. The van der Waals surface area contributed by atoms with E-state index in [0.717, 1.165) is 19.3 Å². The van der Waals surface area contributed by atoms with Gasteiger partial charge < -0.3 is 5.11 Å². The Morgan fingerprint density at radius 1 is 1.38 bits per heavy atom. The van der Waals surface area contributed by atoms with Crippen LogP contribution in [0.4, 0.5) is 0 Å². The summed E-state index contributed by atoms with van der Waals surface area (Å²) in [6.07, 6.45) is 6.73. The Balaban J connectivity index is 2.01. The summed E-state index contributed by atoms with van der Waals surface area (Å²) in [5.74, 6) is 0.686. The number of benzene rings is 1. The van der Waals surface area contributed by atoms with Crippen LogP contribution in [0.25, 0.3) is 0 Å². The molecule has 1 nitrogen and oxygen atoms in total. The molecule has 2 rings (SSSR count). The van der Waals surface area contributed by atoms with E-state index >= 15 is 0 Å². The van der Waals surface area contributed by atoms with E-state index in [0.29, 0.717) is 5.92 Å². The van der Waals surface area contributed by atoms with E-state index in [1.54, 1.807) is 0 Å². The summed E-state index contributed by atoms with van der Waals surface area (Å²) in [6, 6.07) is 8.82. The molecule has 0 amide bonds. The van der Waals surface area contributed by atoms with Crippen molar-refractivity contribution in [3.05, 3.63) is 35.4 Å². The van der Waals surface area contributed by atoms with Gasteiger partial charge in [-0.2, -0.15) is 0 Å². The van der Waals surface area contributed by atoms with Gasteiger partial charge in [0, 0.05) is 0 Å². The van der Waals surface area contributed by atoms with E-state index in [9.17, 15) is 5.11 Å². The van der Waals surface area contributed by atoms with Gasteiger partial charge in [0.2, 0.25) is 0 Å². The highest BCUT2D eigenvalue weighted by atomic mass is 16.3. The van der Waals surface area contributed by atoms with E-state index in [-0.39, 0.29) is 6.10 Å². The van der Waals surface area contributed by atoms with Gasteiger partial charge >= 0.3 is 0 Å². The van der Waals surface area contributed by atoms with Crippen molar-refractivity contribution in [3.8, 4) is 0 Å². The normalized spacial score (nSPS) is 21.5. The van der Waals surface area contributed by atoms with Gasteiger partial charge in [0.25, 0.3) is 0 Å². The predicted molar refractivity (Wildman–Crippen MR) is 67.7 cm³/mol. The first kappa shape index (κ1) is 11.7. The van der Waals surface area contributed by atoms with Crippen LogP contribution in [0.1, 0.15) is 56.1 Å². The molecule has 88 valence electrons. The van der Waals surface area contributed by atoms with E-state index in [2.05, 4.69) is 31.2 Å². The topological polar surface area (TPSA) is 20.2 Å². The van der Waals surface area contributed by atoms with E-state index in [1.807, 2.05) is 0 Å². The largest absolute Gasteiger partial charge is 0.393 e. The lowest BCUT2D eigenvalue weighted by Crippen LogP contribution is -2.13. The fraction of sp³-hybridized carbons (Fsp3) is 0.600. The van der Waals surface area contributed by atoms with Gasteiger partial charge in [-0.1, -0.05) is 31.2 Å². The van der Waals surface area contributed by atoms with Gasteiger partial charge in [0.15, 0.2) is 0 Å². The van der Waals surface area contributed by atoms with Crippen LogP contribution < -0.4 is 0 Å². The third-order valence-corrected chi connectivity index (χ3v) is 3.81. The summed E-state index contributed by atoms with van der Waals surface area (Å²) in [4.78, 5) is 0. The minimum absolute atomic E-state index is 0.103. The number of aliphatic hydroxyl groups is 1. The average molecular weight is 218 g/mol. The molecule has 2 atom stereocenters. The molecular weight excluding hydrogens is 196 g/mol. The summed E-state index contributed by atoms with van der Waals surface area (Å²) in [5.41, 5.74) is 3.07. The number of hydrogen-bond acceptors (Lipinski definition) is 1. The van der Waals surface area contributed by atoms with E-state index in [4.69, 9.17) is 0 Å². The smallest absolute Gasteiger partial charge is 0.0537 e. The highest BCUT2D eigenvalue weighted by molar-refractivity contribution is 5.32. The second kappa shape index (κ2) is 5.49. The molecule has 1 aliphatic rings. The molecule has 1 aromatic rings. The number of fused-ring (bicyclic) bond motifs is 1. The fourth-order valence-electron chi connectivity index (χ4n) is 2.75. The standard InChI is InChI=1S/C15H22O/c1-2-14(16)11-10-13-8-5-7-12-6-3-4-9-15(12)13/h3-4,6,9,13-14,16H,2,5,7-8,10-11H2,1H3. The summed E-state index contributed by atoms with van der Waals surface area (Å²) in [7, 11) is 0. The molecule has 0 saturated heterocycles. The van der Waals surface area contributed by atoms with Crippen LogP contribution in [-0.4, -0.2) is 11.2 Å². The third kappa shape index (κ3) is 2.65. The van der Waals surface area contributed by atoms with Crippen molar-refractivity contribution in [2.24, 2.45) is 0 Å². The SMILES string of the molecule is CCC(O)CCC1CCCc2ccccc21. The molecule has 0 bridgehead atoms. The molecular formula is C15H22O. The molecule has 0 fully saturated rings. The molecule has 2 unspecified atom stereocenters. The second-order valence-electron chi connectivity index (χ2n) is 4.93. The molecule has 1 aromatic carbocycles. The number of aryl methyl sites for hydroxylation is 1. The van der Waals surface area contributed by atoms with Crippen LogP contribution in [-0.2, 0) is 6.42 Å². The molecule has 1 heteroatoms. The van der Waals surface area contributed by atoms with Crippen LogP contribution in [0, 0.1) is 0 Å². The summed E-state index contributed by atoms with van der Waals surface area (Å²) in [6.45, 7) is 2.06. The van der Waals surface area contributed by atoms with Crippen LogP contribution in [0.2, 0.25) is 0 Å². The Morgan fingerprint density at radius 2 is 2.19 bits per heavy atom. The quantitative estimate of drug-likeness (QED) is 0.817. The maximum Gasteiger partial charge on any atom is 0.0537 e. The van der Waals surface area contributed by atoms with Gasteiger partial charge in [-0.3, -0.25) is 0 Å². The zero-order chi connectivity index (χ0) is 11.4. The van der Waals surface area contributed by atoms with Crippen molar-refractivity contribution in [2.45, 2.75) is 57.5 Å². The highest BCUT2D eigenvalue weighted by Crippen LogP contribution is 2.34. The Labute approximate surface area is 98.5 Å². The van der Waals surface area contributed by atoms with Crippen LogP contribution in [0.15, 0.2) is 24.3 Å². The first-order chi connectivity index (χ1) is 7.81. The first-order valence-electron chi connectivity index (χ1n) is 6.57. The molecule has 1 aliphatic carbocycles.